The van der Waals surface area contributed by atoms with Crippen molar-refractivity contribution in [3.63, 3.8) is 0 Å². The van der Waals surface area contributed by atoms with Crippen molar-refractivity contribution in [3.8, 4) is 5.75 Å². The number of nitrogens with zero attached hydrogens (tertiary/aromatic N) is 2. The van der Waals surface area contributed by atoms with Crippen molar-refractivity contribution < 1.29 is 29.0 Å². The first-order valence-corrected chi connectivity index (χ1v) is 13.4. The summed E-state index contributed by atoms with van der Waals surface area (Å²) >= 11 is 1.59. The molecular formula is C27H36N2O6S. The highest BCUT2D eigenvalue weighted by atomic mass is 32.2. The maximum atomic E-state index is 14.5. The van der Waals surface area contributed by atoms with E-state index in [1.165, 1.54) is 0 Å². The van der Waals surface area contributed by atoms with Crippen LogP contribution in [0.2, 0.25) is 0 Å². The minimum Gasteiger partial charge on any atom is -0.497 e. The topological polar surface area (TPSA) is 96.4 Å². The van der Waals surface area contributed by atoms with E-state index in [2.05, 4.69) is 6.58 Å². The molecule has 0 radical (unpaired) electrons. The molecule has 0 saturated carbocycles. The number of esters is 1. The lowest BCUT2D eigenvalue weighted by atomic mass is 9.66. The molecule has 3 aliphatic rings. The standard InChI is InChI=1S/C27H36N2O6S/c1-6-15-28(18-9-11-19(34-5)12-10-18)24(32)22-27-14-13-26(4,36-27)21(25(33)35-8-3)20(27)23(31)29(22)17(7-2)16-30/h6,9-12,17,20-22,30H,1,7-8,13-16H2,2-5H3/t17-,20-,21+,22?,26-,27?/m0/s1. The summed E-state index contributed by atoms with van der Waals surface area (Å²) in [5, 5.41) is 10.2. The van der Waals surface area contributed by atoms with Crippen molar-refractivity contribution >= 4 is 35.2 Å². The molecule has 0 aliphatic carbocycles. The maximum Gasteiger partial charge on any atom is 0.311 e. The third-order valence-electron chi connectivity index (χ3n) is 8.03. The first kappa shape index (κ1) is 26.5. The zero-order valence-electron chi connectivity index (χ0n) is 21.4. The number of carbonyl (C=O) groups excluding carboxylic acids is 3. The number of methoxy groups -OCH3 is 1. The zero-order chi connectivity index (χ0) is 26.3. The van der Waals surface area contributed by atoms with Crippen LogP contribution in [0.5, 0.6) is 5.75 Å². The first-order valence-electron chi connectivity index (χ1n) is 12.6. The monoisotopic (exact) mass is 516 g/mol. The quantitative estimate of drug-likeness (QED) is 0.377. The molecule has 3 fully saturated rings. The average Bonchev–Trinajstić information content (AvgIpc) is 3.44. The van der Waals surface area contributed by atoms with Gasteiger partial charge in [0.2, 0.25) is 5.91 Å². The molecule has 8 nitrogen and oxygen atoms in total. The molecule has 1 aromatic carbocycles. The van der Waals surface area contributed by atoms with E-state index in [4.69, 9.17) is 9.47 Å². The van der Waals surface area contributed by atoms with Gasteiger partial charge in [-0.2, -0.15) is 0 Å². The van der Waals surface area contributed by atoms with Gasteiger partial charge in [0.15, 0.2) is 0 Å². The number of carbonyl (C=O) groups is 3. The molecule has 2 bridgehead atoms. The maximum absolute atomic E-state index is 14.5. The Balaban J connectivity index is 1.82. The Morgan fingerprint density at radius 3 is 2.56 bits per heavy atom. The molecule has 3 heterocycles. The van der Waals surface area contributed by atoms with Gasteiger partial charge in [-0.05, 0) is 57.4 Å². The Bertz CT molecular complexity index is 1030. The number of rotatable bonds is 10. The summed E-state index contributed by atoms with van der Waals surface area (Å²) in [5.41, 5.74) is 0.663. The van der Waals surface area contributed by atoms with Crippen molar-refractivity contribution in [2.45, 2.75) is 61.6 Å². The number of aliphatic hydroxyl groups excluding tert-OH is 1. The number of thioether (sulfide) groups is 1. The van der Waals surface area contributed by atoms with Crippen molar-refractivity contribution in [2.24, 2.45) is 11.8 Å². The lowest BCUT2D eigenvalue weighted by Crippen LogP contribution is -2.57. The van der Waals surface area contributed by atoms with Gasteiger partial charge in [-0.1, -0.05) is 13.0 Å². The van der Waals surface area contributed by atoms with Crippen LogP contribution in [0.1, 0.15) is 40.0 Å². The van der Waals surface area contributed by atoms with E-state index in [-0.39, 0.29) is 37.5 Å². The number of anilines is 1. The van der Waals surface area contributed by atoms with Gasteiger partial charge in [-0.3, -0.25) is 14.4 Å². The second-order valence-corrected chi connectivity index (χ2v) is 11.8. The molecule has 3 aliphatic heterocycles. The number of amides is 2. The van der Waals surface area contributed by atoms with Crippen LogP contribution in [0, 0.1) is 11.8 Å². The highest BCUT2D eigenvalue weighted by Gasteiger charge is 2.78. The van der Waals surface area contributed by atoms with Crippen molar-refractivity contribution in [1.29, 1.82) is 0 Å². The molecule has 1 spiro atoms. The van der Waals surface area contributed by atoms with Gasteiger partial charge in [-0.25, -0.2) is 0 Å². The van der Waals surface area contributed by atoms with Gasteiger partial charge in [-0.15, -0.1) is 18.3 Å². The number of hydrogen-bond acceptors (Lipinski definition) is 7. The number of hydrogen-bond donors (Lipinski definition) is 1. The highest BCUT2D eigenvalue weighted by Crippen LogP contribution is 2.71. The largest absolute Gasteiger partial charge is 0.497 e. The van der Waals surface area contributed by atoms with Gasteiger partial charge >= 0.3 is 5.97 Å². The van der Waals surface area contributed by atoms with E-state index in [0.717, 1.165) is 0 Å². The zero-order valence-corrected chi connectivity index (χ0v) is 22.3. The summed E-state index contributed by atoms with van der Waals surface area (Å²) in [4.78, 5) is 44.9. The average molecular weight is 517 g/mol. The normalized spacial score (nSPS) is 31.2. The second kappa shape index (κ2) is 10.1. The lowest BCUT2D eigenvalue weighted by Gasteiger charge is -2.39. The summed E-state index contributed by atoms with van der Waals surface area (Å²) in [6.07, 6.45) is 3.50. The Morgan fingerprint density at radius 2 is 2.00 bits per heavy atom. The first-order chi connectivity index (χ1) is 17.2. The fourth-order valence-corrected chi connectivity index (χ4v) is 8.73. The Kier molecular flexibility index (Phi) is 7.44. The molecule has 1 aromatic rings. The van der Waals surface area contributed by atoms with Crippen LogP contribution in [-0.4, -0.2) is 76.2 Å². The Labute approximate surface area is 217 Å². The number of benzene rings is 1. The van der Waals surface area contributed by atoms with Crippen LogP contribution >= 0.6 is 11.8 Å². The molecule has 1 N–H and O–H groups in total. The van der Waals surface area contributed by atoms with Crippen LogP contribution in [0.15, 0.2) is 36.9 Å². The Hall–Kier alpha value is -2.52. The molecule has 36 heavy (non-hydrogen) atoms. The van der Waals surface area contributed by atoms with E-state index in [1.807, 2.05) is 26.0 Å². The van der Waals surface area contributed by atoms with Crippen LogP contribution in [-0.2, 0) is 19.1 Å². The highest BCUT2D eigenvalue weighted by molar-refractivity contribution is 8.02. The van der Waals surface area contributed by atoms with Gasteiger partial charge in [0.1, 0.15) is 11.8 Å². The van der Waals surface area contributed by atoms with E-state index >= 15 is 0 Å². The van der Waals surface area contributed by atoms with Crippen LogP contribution < -0.4 is 9.64 Å². The predicted molar refractivity (Wildman–Crippen MR) is 139 cm³/mol. The molecule has 0 aromatic heterocycles. The molecule has 3 saturated heterocycles. The molecule has 2 unspecified atom stereocenters. The number of aliphatic hydroxyl groups is 1. The number of ether oxygens (including phenoxy) is 2. The minimum atomic E-state index is -0.819. The lowest BCUT2D eigenvalue weighted by molar-refractivity contribution is -0.155. The number of likely N-dealkylation sites (tertiary alicyclic amines) is 1. The summed E-state index contributed by atoms with van der Waals surface area (Å²) in [5.74, 6) is -1.48. The van der Waals surface area contributed by atoms with Crippen LogP contribution in [0.4, 0.5) is 5.69 Å². The van der Waals surface area contributed by atoms with E-state index in [9.17, 15) is 19.5 Å². The number of fused-ring (bicyclic) bond motifs is 1. The third kappa shape index (κ3) is 3.91. The molecule has 196 valence electrons. The fourth-order valence-electron chi connectivity index (χ4n) is 6.40. The fraction of sp³-hybridized carbons (Fsp3) is 0.593. The van der Waals surface area contributed by atoms with Gasteiger partial charge in [0.25, 0.3) is 5.91 Å². The minimum absolute atomic E-state index is 0.231. The smallest absolute Gasteiger partial charge is 0.311 e. The molecule has 4 rings (SSSR count). The van der Waals surface area contributed by atoms with Crippen LogP contribution in [0.3, 0.4) is 0 Å². The van der Waals surface area contributed by atoms with E-state index < -0.39 is 33.4 Å². The molecule has 2 amide bonds. The van der Waals surface area contributed by atoms with E-state index in [1.54, 1.807) is 53.8 Å². The van der Waals surface area contributed by atoms with E-state index in [0.29, 0.717) is 30.7 Å². The Morgan fingerprint density at radius 1 is 1.31 bits per heavy atom. The second-order valence-electron chi connectivity index (χ2n) is 9.91. The third-order valence-corrected chi connectivity index (χ3v) is 10.0. The van der Waals surface area contributed by atoms with Gasteiger partial charge < -0.3 is 24.4 Å². The van der Waals surface area contributed by atoms with Crippen molar-refractivity contribution in [2.75, 3.05) is 31.8 Å². The molecular weight excluding hydrogens is 480 g/mol. The summed E-state index contributed by atoms with van der Waals surface area (Å²) < 4.78 is 9.44. The summed E-state index contributed by atoms with van der Waals surface area (Å²) in [6, 6.07) is 5.84. The molecule has 6 atom stereocenters. The van der Waals surface area contributed by atoms with Gasteiger partial charge in [0, 0.05) is 17.0 Å². The predicted octanol–water partition coefficient (Wildman–Crippen LogP) is 3.03. The summed E-state index contributed by atoms with van der Waals surface area (Å²) in [6.45, 7) is 9.73. The van der Waals surface area contributed by atoms with Crippen LogP contribution in [0.25, 0.3) is 0 Å². The summed E-state index contributed by atoms with van der Waals surface area (Å²) in [7, 11) is 1.58. The van der Waals surface area contributed by atoms with Crippen molar-refractivity contribution in [1.82, 2.24) is 4.90 Å². The molecule has 9 heteroatoms. The SMILES string of the molecule is C=CCN(C(=O)C1N([C@@H](CC)CO)C(=O)[C@@H]2[C@H](C(=O)OCC)[C@]3(C)CCC12S3)c1ccc(OC)cc1. The van der Waals surface area contributed by atoms with Crippen molar-refractivity contribution in [3.05, 3.63) is 36.9 Å². The van der Waals surface area contributed by atoms with Gasteiger partial charge in [0.05, 0.1) is 42.9 Å².